The molecule has 1 rings (SSSR count). The van der Waals surface area contributed by atoms with E-state index in [0.29, 0.717) is 5.78 Å². The second-order valence-electron chi connectivity index (χ2n) is 3.45. The quantitative estimate of drug-likeness (QED) is 0.637. The zero-order chi connectivity index (χ0) is 8.32. The highest BCUT2D eigenvalue weighted by molar-refractivity contribution is 8.00. The molecule has 11 heavy (non-hydrogen) atoms. The van der Waals surface area contributed by atoms with Gasteiger partial charge in [0.05, 0.1) is 0 Å². The Hall–Kier alpha value is 0.0200. The summed E-state index contributed by atoms with van der Waals surface area (Å²) in [6.45, 7) is 4.38. The van der Waals surface area contributed by atoms with E-state index in [1.54, 1.807) is 0 Å². The molecule has 0 heterocycles. The third-order valence-corrected chi connectivity index (χ3v) is 3.56. The average molecular weight is 172 g/mol. The summed E-state index contributed by atoms with van der Waals surface area (Å²) in [5.41, 5.74) is 0. The highest BCUT2D eigenvalue weighted by Gasteiger charge is 2.30. The lowest BCUT2D eigenvalue weighted by atomic mass is 9.89. The van der Waals surface area contributed by atoms with E-state index < -0.39 is 0 Å². The molecule has 0 aliphatic heterocycles. The Labute approximate surface area is 72.9 Å². The summed E-state index contributed by atoms with van der Waals surface area (Å²) in [6.07, 6.45) is 3.94. The summed E-state index contributed by atoms with van der Waals surface area (Å²) in [5, 5.41) is 0. The third-order valence-electron chi connectivity index (χ3n) is 2.23. The Bertz CT molecular complexity index is 152. The van der Waals surface area contributed by atoms with Gasteiger partial charge in [-0.2, -0.15) is 11.8 Å². The maximum absolute atomic E-state index is 11.1. The molecule has 1 atom stereocenters. The van der Waals surface area contributed by atoms with Crippen molar-refractivity contribution in [3.63, 3.8) is 0 Å². The Balaban J connectivity index is 2.48. The van der Waals surface area contributed by atoms with Crippen molar-refractivity contribution in [3.8, 4) is 0 Å². The fraction of sp³-hybridized carbons (Fsp3) is 0.889. The first kappa shape index (κ1) is 9.11. The van der Waals surface area contributed by atoms with Crippen LogP contribution in [0.4, 0.5) is 0 Å². The fourth-order valence-electron chi connectivity index (χ4n) is 1.73. The van der Waals surface area contributed by atoms with Gasteiger partial charge in [0, 0.05) is 17.6 Å². The lowest BCUT2D eigenvalue weighted by Gasteiger charge is -2.31. The second kappa shape index (κ2) is 3.61. The molecular formula is C9H16OS. The summed E-state index contributed by atoms with van der Waals surface area (Å²) in [7, 11) is 0. The second-order valence-corrected chi connectivity index (χ2v) is 5.30. The molecule has 1 nitrogen and oxygen atoms in total. The van der Waals surface area contributed by atoms with E-state index in [9.17, 15) is 4.79 Å². The fourth-order valence-corrected chi connectivity index (χ4v) is 2.97. The van der Waals surface area contributed by atoms with Crippen LogP contribution in [-0.4, -0.2) is 16.3 Å². The Morgan fingerprint density at radius 1 is 1.64 bits per heavy atom. The van der Waals surface area contributed by atoms with Gasteiger partial charge in [-0.25, -0.2) is 0 Å². The van der Waals surface area contributed by atoms with Crippen molar-refractivity contribution in [1.29, 1.82) is 0 Å². The van der Waals surface area contributed by atoms with E-state index in [1.807, 2.05) is 11.8 Å². The topological polar surface area (TPSA) is 17.1 Å². The van der Waals surface area contributed by atoms with Crippen LogP contribution in [-0.2, 0) is 4.79 Å². The molecule has 2 heteroatoms. The Morgan fingerprint density at radius 3 is 2.91 bits per heavy atom. The van der Waals surface area contributed by atoms with E-state index in [-0.39, 0.29) is 4.75 Å². The van der Waals surface area contributed by atoms with Crippen LogP contribution in [0.1, 0.15) is 39.5 Å². The number of hydrogen-bond acceptors (Lipinski definition) is 2. The molecule has 0 aromatic rings. The zero-order valence-corrected chi connectivity index (χ0v) is 8.17. The van der Waals surface area contributed by atoms with E-state index in [1.165, 1.54) is 6.42 Å². The molecule has 64 valence electrons. The number of carbonyl (C=O) groups excluding carboxylic acids is 1. The molecule has 1 unspecified atom stereocenters. The molecule has 0 bridgehead atoms. The number of rotatable bonds is 2. The van der Waals surface area contributed by atoms with Crippen molar-refractivity contribution in [2.75, 3.05) is 5.75 Å². The molecule has 1 aliphatic rings. The molecule has 0 N–H and O–H groups in total. The van der Waals surface area contributed by atoms with E-state index in [2.05, 4.69) is 13.8 Å². The van der Waals surface area contributed by atoms with E-state index in [0.717, 1.165) is 25.0 Å². The lowest BCUT2D eigenvalue weighted by Crippen LogP contribution is -2.29. The largest absolute Gasteiger partial charge is 0.300 e. The smallest absolute Gasteiger partial charge is 0.134 e. The predicted octanol–water partition coefficient (Wildman–Crippen LogP) is 2.64. The van der Waals surface area contributed by atoms with Gasteiger partial charge in [0.15, 0.2) is 0 Å². The lowest BCUT2D eigenvalue weighted by molar-refractivity contribution is -0.120. The highest BCUT2D eigenvalue weighted by atomic mass is 32.2. The van der Waals surface area contributed by atoms with Gasteiger partial charge in [0.25, 0.3) is 0 Å². The molecule has 0 aromatic carbocycles. The van der Waals surface area contributed by atoms with Crippen LogP contribution in [0.2, 0.25) is 0 Å². The van der Waals surface area contributed by atoms with Gasteiger partial charge in [-0.1, -0.05) is 13.8 Å². The summed E-state index contributed by atoms with van der Waals surface area (Å²) in [4.78, 5) is 11.1. The number of hydrogen-bond donors (Lipinski definition) is 0. The molecule has 0 saturated heterocycles. The van der Waals surface area contributed by atoms with Gasteiger partial charge in [0.2, 0.25) is 0 Å². The van der Waals surface area contributed by atoms with Crippen LogP contribution < -0.4 is 0 Å². The van der Waals surface area contributed by atoms with Crippen LogP contribution in [0.3, 0.4) is 0 Å². The molecule has 0 spiro atoms. The van der Waals surface area contributed by atoms with Crippen molar-refractivity contribution < 1.29 is 4.79 Å². The van der Waals surface area contributed by atoms with Gasteiger partial charge >= 0.3 is 0 Å². The maximum atomic E-state index is 11.1. The molecule has 1 fully saturated rings. The van der Waals surface area contributed by atoms with Crippen LogP contribution in [0.5, 0.6) is 0 Å². The number of carbonyl (C=O) groups is 1. The van der Waals surface area contributed by atoms with Crippen LogP contribution in [0.15, 0.2) is 0 Å². The van der Waals surface area contributed by atoms with Crippen molar-refractivity contribution in [2.45, 2.75) is 44.3 Å². The SMILES string of the molecule is CCSC1(C)CCCC(=O)C1. The van der Waals surface area contributed by atoms with Crippen LogP contribution in [0, 0.1) is 0 Å². The average Bonchev–Trinajstić information content (AvgIpc) is 1.86. The Morgan fingerprint density at radius 2 is 2.36 bits per heavy atom. The molecule has 1 aliphatic carbocycles. The van der Waals surface area contributed by atoms with Gasteiger partial charge < -0.3 is 0 Å². The minimum absolute atomic E-state index is 0.268. The van der Waals surface area contributed by atoms with Gasteiger partial charge in [-0.3, -0.25) is 4.79 Å². The summed E-state index contributed by atoms with van der Waals surface area (Å²) < 4.78 is 0.268. The summed E-state index contributed by atoms with van der Waals surface area (Å²) in [5.74, 6) is 1.59. The summed E-state index contributed by atoms with van der Waals surface area (Å²) >= 11 is 1.94. The number of thioether (sulfide) groups is 1. The maximum Gasteiger partial charge on any atom is 0.134 e. The predicted molar refractivity (Wildman–Crippen MR) is 50.0 cm³/mol. The van der Waals surface area contributed by atoms with E-state index in [4.69, 9.17) is 0 Å². The van der Waals surface area contributed by atoms with Crippen LogP contribution in [0.25, 0.3) is 0 Å². The number of Topliss-reactive ketones (excluding diaryl/α,β-unsaturated/α-hetero) is 1. The molecule has 0 amide bonds. The Kier molecular flexibility index (Phi) is 2.99. The summed E-state index contributed by atoms with van der Waals surface area (Å²) in [6, 6.07) is 0. The zero-order valence-electron chi connectivity index (χ0n) is 7.35. The van der Waals surface area contributed by atoms with Crippen LogP contribution >= 0.6 is 11.8 Å². The molecule has 1 saturated carbocycles. The van der Waals surface area contributed by atoms with Crippen molar-refractivity contribution in [3.05, 3.63) is 0 Å². The van der Waals surface area contributed by atoms with Gasteiger partial charge in [-0.05, 0) is 18.6 Å². The molecule has 0 radical (unpaired) electrons. The van der Waals surface area contributed by atoms with Crippen molar-refractivity contribution in [1.82, 2.24) is 0 Å². The molecular weight excluding hydrogens is 156 g/mol. The standard InChI is InChI=1S/C9H16OS/c1-3-11-9(2)6-4-5-8(10)7-9/h3-7H2,1-2H3. The highest BCUT2D eigenvalue weighted by Crippen LogP contribution is 2.37. The van der Waals surface area contributed by atoms with Crippen molar-refractivity contribution >= 4 is 17.5 Å². The van der Waals surface area contributed by atoms with Gasteiger partial charge in [-0.15, -0.1) is 0 Å². The monoisotopic (exact) mass is 172 g/mol. The minimum atomic E-state index is 0.268. The first-order valence-corrected chi connectivity index (χ1v) is 5.30. The first-order valence-electron chi connectivity index (χ1n) is 4.32. The van der Waals surface area contributed by atoms with Crippen molar-refractivity contribution in [2.24, 2.45) is 0 Å². The third kappa shape index (κ3) is 2.51. The normalized spacial score (nSPS) is 32.4. The minimum Gasteiger partial charge on any atom is -0.300 e. The number of ketones is 1. The first-order chi connectivity index (χ1) is 5.16. The van der Waals surface area contributed by atoms with E-state index >= 15 is 0 Å². The molecule has 0 aromatic heterocycles. The van der Waals surface area contributed by atoms with Gasteiger partial charge in [0.1, 0.15) is 5.78 Å².